The molecule has 0 aliphatic carbocycles. The van der Waals surface area contributed by atoms with Gasteiger partial charge in [-0.2, -0.15) is 0 Å². The van der Waals surface area contributed by atoms with Crippen molar-refractivity contribution < 1.29 is 9.53 Å². The monoisotopic (exact) mass is 269 g/mol. The van der Waals surface area contributed by atoms with Gasteiger partial charge < -0.3 is 9.64 Å². The minimum absolute atomic E-state index is 0.0995. The third-order valence-corrected chi connectivity index (χ3v) is 3.17. The molecule has 1 aliphatic rings. The van der Waals surface area contributed by atoms with E-state index >= 15 is 0 Å². The van der Waals surface area contributed by atoms with Crippen LogP contribution in [0.25, 0.3) is 0 Å². The maximum atomic E-state index is 12.4. The topological polar surface area (TPSA) is 55.3 Å². The summed E-state index contributed by atoms with van der Waals surface area (Å²) in [5.41, 5.74) is 1.05. The Labute approximate surface area is 111 Å². The summed E-state index contributed by atoms with van der Waals surface area (Å²) in [4.78, 5) is 22.2. The second-order valence-electron chi connectivity index (χ2n) is 4.30. The number of rotatable bonds is 2. The van der Waals surface area contributed by atoms with Crippen LogP contribution in [0, 0.1) is 6.92 Å². The quantitative estimate of drug-likeness (QED) is 0.767. The molecule has 1 atom stereocenters. The summed E-state index contributed by atoms with van der Waals surface area (Å²) in [7, 11) is 0. The van der Waals surface area contributed by atoms with E-state index in [2.05, 4.69) is 9.97 Å². The first-order chi connectivity index (χ1) is 8.61. The van der Waals surface area contributed by atoms with Crippen molar-refractivity contribution >= 4 is 17.5 Å². The van der Waals surface area contributed by atoms with Crippen LogP contribution in [0.2, 0.25) is 5.28 Å². The van der Waals surface area contributed by atoms with Crippen LogP contribution in [0.3, 0.4) is 0 Å². The standard InChI is InChI=1S/C12H16ClN3O2/c1-3-9-7-18-5-4-16(9)11(17)10-6-8(2)14-12(13)15-10/h6,9H,3-5,7H2,1-2H3. The average Bonchev–Trinajstić information content (AvgIpc) is 2.36. The molecule has 1 saturated heterocycles. The fourth-order valence-corrected chi connectivity index (χ4v) is 2.27. The Morgan fingerprint density at radius 1 is 1.61 bits per heavy atom. The van der Waals surface area contributed by atoms with Crippen LogP contribution in [0.1, 0.15) is 29.5 Å². The first kappa shape index (κ1) is 13.2. The molecule has 5 nitrogen and oxygen atoms in total. The van der Waals surface area contributed by atoms with Gasteiger partial charge in [0, 0.05) is 12.2 Å². The van der Waals surface area contributed by atoms with Gasteiger partial charge in [-0.25, -0.2) is 9.97 Å². The Hall–Kier alpha value is -1.20. The maximum Gasteiger partial charge on any atom is 0.273 e. The Kier molecular flexibility index (Phi) is 4.14. The van der Waals surface area contributed by atoms with Crippen molar-refractivity contribution in [2.45, 2.75) is 26.3 Å². The zero-order chi connectivity index (χ0) is 13.1. The minimum Gasteiger partial charge on any atom is -0.377 e. The highest BCUT2D eigenvalue weighted by Gasteiger charge is 2.27. The molecule has 2 heterocycles. The number of ether oxygens (including phenoxy) is 1. The Balaban J connectivity index is 2.23. The summed E-state index contributed by atoms with van der Waals surface area (Å²) in [6.07, 6.45) is 0.865. The molecule has 0 spiro atoms. The van der Waals surface area contributed by atoms with E-state index in [1.165, 1.54) is 0 Å². The van der Waals surface area contributed by atoms with Crippen LogP contribution >= 0.6 is 11.6 Å². The molecule has 1 aromatic rings. The summed E-state index contributed by atoms with van der Waals surface area (Å²) < 4.78 is 5.38. The van der Waals surface area contributed by atoms with Gasteiger partial charge in [-0.05, 0) is 31.0 Å². The highest BCUT2D eigenvalue weighted by molar-refractivity contribution is 6.28. The molecule has 98 valence electrons. The van der Waals surface area contributed by atoms with Crippen molar-refractivity contribution in [3.05, 3.63) is 22.7 Å². The van der Waals surface area contributed by atoms with Crippen molar-refractivity contribution in [2.75, 3.05) is 19.8 Å². The van der Waals surface area contributed by atoms with Gasteiger partial charge in [0.2, 0.25) is 5.28 Å². The van der Waals surface area contributed by atoms with Crippen molar-refractivity contribution in [1.82, 2.24) is 14.9 Å². The van der Waals surface area contributed by atoms with Gasteiger partial charge in [0.05, 0.1) is 19.3 Å². The van der Waals surface area contributed by atoms with Gasteiger partial charge in [-0.3, -0.25) is 4.79 Å². The first-order valence-electron chi connectivity index (χ1n) is 6.01. The molecule has 1 unspecified atom stereocenters. The number of morpholine rings is 1. The van der Waals surface area contributed by atoms with E-state index < -0.39 is 0 Å². The van der Waals surface area contributed by atoms with E-state index in [1.54, 1.807) is 13.0 Å². The van der Waals surface area contributed by atoms with Crippen molar-refractivity contribution in [3.8, 4) is 0 Å². The first-order valence-corrected chi connectivity index (χ1v) is 6.39. The lowest BCUT2D eigenvalue weighted by atomic mass is 10.1. The molecule has 0 bridgehead atoms. The van der Waals surface area contributed by atoms with Gasteiger partial charge in [-0.15, -0.1) is 0 Å². The zero-order valence-corrected chi connectivity index (χ0v) is 11.3. The SMILES string of the molecule is CCC1COCCN1C(=O)c1cc(C)nc(Cl)n1. The number of carbonyl (C=O) groups is 1. The summed E-state index contributed by atoms with van der Waals surface area (Å²) in [6.45, 7) is 5.58. The predicted octanol–water partition coefficient (Wildman–Crippen LogP) is 1.69. The average molecular weight is 270 g/mol. The summed E-state index contributed by atoms with van der Waals surface area (Å²) in [6, 6.07) is 1.77. The predicted molar refractivity (Wildman–Crippen MR) is 67.7 cm³/mol. The highest BCUT2D eigenvalue weighted by Crippen LogP contribution is 2.15. The Morgan fingerprint density at radius 3 is 3.06 bits per heavy atom. The zero-order valence-electron chi connectivity index (χ0n) is 10.5. The number of halogens is 1. The van der Waals surface area contributed by atoms with Gasteiger partial charge in [0.15, 0.2) is 0 Å². The molecular weight excluding hydrogens is 254 g/mol. The van der Waals surface area contributed by atoms with Gasteiger partial charge >= 0.3 is 0 Å². The van der Waals surface area contributed by atoms with Crippen LogP contribution in [-0.4, -0.2) is 46.6 Å². The maximum absolute atomic E-state index is 12.4. The van der Waals surface area contributed by atoms with E-state index in [-0.39, 0.29) is 17.2 Å². The van der Waals surface area contributed by atoms with Crippen LogP contribution in [-0.2, 0) is 4.74 Å². The van der Waals surface area contributed by atoms with E-state index in [4.69, 9.17) is 16.3 Å². The van der Waals surface area contributed by atoms with Crippen LogP contribution in [0.15, 0.2) is 6.07 Å². The van der Waals surface area contributed by atoms with E-state index in [0.717, 1.165) is 6.42 Å². The molecular formula is C12H16ClN3O2. The van der Waals surface area contributed by atoms with Crippen LogP contribution in [0.4, 0.5) is 0 Å². The fourth-order valence-electron chi connectivity index (χ4n) is 2.05. The van der Waals surface area contributed by atoms with E-state index in [9.17, 15) is 4.79 Å². The number of hydrogen-bond acceptors (Lipinski definition) is 4. The highest BCUT2D eigenvalue weighted by atomic mass is 35.5. The molecule has 18 heavy (non-hydrogen) atoms. The van der Waals surface area contributed by atoms with Crippen molar-refractivity contribution in [1.29, 1.82) is 0 Å². The smallest absolute Gasteiger partial charge is 0.273 e. The number of nitrogens with zero attached hydrogens (tertiary/aromatic N) is 3. The van der Waals surface area contributed by atoms with Crippen molar-refractivity contribution in [3.63, 3.8) is 0 Å². The molecule has 1 aliphatic heterocycles. The van der Waals surface area contributed by atoms with Crippen molar-refractivity contribution in [2.24, 2.45) is 0 Å². The number of aromatic nitrogens is 2. The second-order valence-corrected chi connectivity index (χ2v) is 4.64. The summed E-state index contributed by atoms with van der Waals surface area (Å²) in [5, 5.41) is 0.111. The molecule has 0 saturated carbocycles. The molecule has 1 amide bonds. The van der Waals surface area contributed by atoms with Crippen LogP contribution < -0.4 is 0 Å². The molecule has 6 heteroatoms. The summed E-state index contributed by atoms with van der Waals surface area (Å²) in [5.74, 6) is -0.0995. The molecule has 0 aromatic carbocycles. The lowest BCUT2D eigenvalue weighted by molar-refractivity contribution is -0.00312. The van der Waals surface area contributed by atoms with E-state index in [0.29, 0.717) is 31.1 Å². The van der Waals surface area contributed by atoms with Gasteiger partial charge in [-0.1, -0.05) is 6.92 Å². The molecule has 2 rings (SSSR count). The molecule has 1 fully saturated rings. The third kappa shape index (κ3) is 2.79. The molecule has 1 aromatic heterocycles. The Morgan fingerprint density at radius 2 is 2.39 bits per heavy atom. The third-order valence-electron chi connectivity index (χ3n) is 3.01. The van der Waals surface area contributed by atoms with Gasteiger partial charge in [0.25, 0.3) is 5.91 Å². The lowest BCUT2D eigenvalue weighted by Gasteiger charge is -2.34. The number of hydrogen-bond donors (Lipinski definition) is 0. The van der Waals surface area contributed by atoms with Crippen LogP contribution in [0.5, 0.6) is 0 Å². The largest absolute Gasteiger partial charge is 0.377 e. The number of aryl methyl sites for hydroxylation is 1. The van der Waals surface area contributed by atoms with Gasteiger partial charge in [0.1, 0.15) is 5.69 Å². The summed E-state index contributed by atoms with van der Waals surface area (Å²) >= 11 is 5.79. The molecule has 0 N–H and O–H groups in total. The number of amides is 1. The fraction of sp³-hybridized carbons (Fsp3) is 0.583. The number of carbonyl (C=O) groups excluding carboxylic acids is 1. The lowest BCUT2D eigenvalue weighted by Crippen LogP contribution is -2.48. The Bertz CT molecular complexity index is 433. The van der Waals surface area contributed by atoms with E-state index in [1.807, 2.05) is 11.8 Å². The second kappa shape index (κ2) is 5.63. The normalized spacial score (nSPS) is 19.9. The molecule has 0 radical (unpaired) electrons. The minimum atomic E-state index is -0.0995.